The zero-order valence-electron chi connectivity index (χ0n) is 9.96. The van der Waals surface area contributed by atoms with Crippen molar-refractivity contribution in [2.24, 2.45) is 0 Å². The molecule has 0 bridgehead atoms. The summed E-state index contributed by atoms with van der Waals surface area (Å²) >= 11 is 1.90. The molecule has 0 aliphatic carbocycles. The van der Waals surface area contributed by atoms with Gasteiger partial charge in [-0.3, -0.25) is 0 Å². The molecule has 1 aromatic carbocycles. The van der Waals surface area contributed by atoms with Gasteiger partial charge >= 0.3 is 6.18 Å². The van der Waals surface area contributed by atoms with Crippen LogP contribution in [-0.4, -0.2) is 17.5 Å². The van der Waals surface area contributed by atoms with Gasteiger partial charge in [0, 0.05) is 18.3 Å². The van der Waals surface area contributed by atoms with Crippen LogP contribution in [0.25, 0.3) is 0 Å². The summed E-state index contributed by atoms with van der Waals surface area (Å²) in [6.07, 6.45) is -1.95. The van der Waals surface area contributed by atoms with Crippen LogP contribution in [0.15, 0.2) is 24.3 Å². The molecule has 100 valence electrons. The molecule has 0 radical (unpaired) electrons. The van der Waals surface area contributed by atoms with Gasteiger partial charge < -0.3 is 5.32 Å². The molecule has 1 heterocycles. The van der Waals surface area contributed by atoms with Crippen LogP contribution in [0.5, 0.6) is 0 Å². The fourth-order valence-electron chi connectivity index (χ4n) is 2.02. The number of alkyl halides is 3. The Balaban J connectivity index is 1.92. The van der Waals surface area contributed by atoms with E-state index in [1.807, 2.05) is 11.8 Å². The van der Waals surface area contributed by atoms with Gasteiger partial charge in [0.15, 0.2) is 0 Å². The molecule has 0 amide bonds. The molecular formula is C13H16F3NS. The van der Waals surface area contributed by atoms with Gasteiger partial charge in [-0.25, -0.2) is 0 Å². The molecule has 1 aliphatic rings. The van der Waals surface area contributed by atoms with E-state index in [0.717, 1.165) is 18.2 Å². The fourth-order valence-corrected chi connectivity index (χ4v) is 3.13. The topological polar surface area (TPSA) is 12.0 Å². The molecule has 18 heavy (non-hydrogen) atoms. The molecule has 1 nitrogen and oxygen atoms in total. The van der Waals surface area contributed by atoms with Crippen molar-refractivity contribution < 1.29 is 13.2 Å². The maximum atomic E-state index is 12.5. The Bertz CT molecular complexity index is 386. The predicted molar refractivity (Wildman–Crippen MR) is 68.6 cm³/mol. The molecule has 1 atom stereocenters. The smallest absolute Gasteiger partial charge is 0.309 e. The summed E-state index contributed by atoms with van der Waals surface area (Å²) in [5.41, 5.74) is 0.125. The molecule has 1 saturated heterocycles. The number of hydrogen-bond acceptors (Lipinski definition) is 2. The SMILES string of the molecule is FC(F)(F)c1cccc(CNC2CCCSC2)c1. The average molecular weight is 275 g/mol. The van der Waals surface area contributed by atoms with Crippen molar-refractivity contribution in [3.05, 3.63) is 35.4 Å². The normalized spacial score (nSPS) is 20.9. The monoisotopic (exact) mass is 275 g/mol. The summed E-state index contributed by atoms with van der Waals surface area (Å²) in [6, 6.07) is 5.97. The lowest BCUT2D eigenvalue weighted by atomic mass is 10.1. The Hall–Kier alpha value is -0.680. The van der Waals surface area contributed by atoms with Crippen LogP contribution in [0, 0.1) is 0 Å². The minimum absolute atomic E-state index is 0.429. The van der Waals surface area contributed by atoms with Crippen molar-refractivity contribution in [1.82, 2.24) is 5.32 Å². The van der Waals surface area contributed by atoms with E-state index in [9.17, 15) is 13.2 Å². The van der Waals surface area contributed by atoms with Crippen LogP contribution >= 0.6 is 11.8 Å². The summed E-state index contributed by atoms with van der Waals surface area (Å²) < 4.78 is 37.6. The van der Waals surface area contributed by atoms with Gasteiger partial charge in [0.05, 0.1) is 5.56 Å². The first-order valence-corrected chi connectivity index (χ1v) is 7.18. The minimum Gasteiger partial charge on any atom is -0.309 e. The Labute approximate surface area is 109 Å². The second-order valence-electron chi connectivity index (χ2n) is 4.49. The van der Waals surface area contributed by atoms with Crippen molar-refractivity contribution in [3.63, 3.8) is 0 Å². The zero-order chi connectivity index (χ0) is 13.0. The van der Waals surface area contributed by atoms with Gasteiger partial charge in [-0.1, -0.05) is 18.2 Å². The van der Waals surface area contributed by atoms with Crippen molar-refractivity contribution in [2.75, 3.05) is 11.5 Å². The summed E-state index contributed by atoms with van der Waals surface area (Å²) in [5, 5.41) is 3.33. The largest absolute Gasteiger partial charge is 0.416 e. The van der Waals surface area contributed by atoms with Crippen molar-refractivity contribution in [3.8, 4) is 0 Å². The molecule has 5 heteroatoms. The quantitative estimate of drug-likeness (QED) is 0.903. The maximum Gasteiger partial charge on any atom is 0.416 e. The van der Waals surface area contributed by atoms with Gasteiger partial charge in [-0.05, 0) is 30.2 Å². The molecular weight excluding hydrogens is 259 g/mol. The second-order valence-corrected chi connectivity index (χ2v) is 5.64. The molecule has 1 aromatic rings. The average Bonchev–Trinajstić information content (AvgIpc) is 2.37. The van der Waals surface area contributed by atoms with Crippen LogP contribution in [0.3, 0.4) is 0 Å². The lowest BCUT2D eigenvalue weighted by Crippen LogP contribution is -2.33. The lowest BCUT2D eigenvalue weighted by Gasteiger charge is -2.22. The Kier molecular flexibility index (Phi) is 4.56. The van der Waals surface area contributed by atoms with E-state index in [0.29, 0.717) is 18.2 Å². The third-order valence-corrected chi connectivity index (χ3v) is 4.22. The Morgan fingerprint density at radius 1 is 1.33 bits per heavy atom. The van der Waals surface area contributed by atoms with Crippen LogP contribution in [-0.2, 0) is 12.7 Å². The van der Waals surface area contributed by atoms with E-state index in [-0.39, 0.29) is 0 Å². The number of halogens is 3. The highest BCUT2D eigenvalue weighted by Gasteiger charge is 2.30. The highest BCUT2D eigenvalue weighted by Crippen LogP contribution is 2.29. The fraction of sp³-hybridized carbons (Fsp3) is 0.538. The molecule has 1 fully saturated rings. The van der Waals surface area contributed by atoms with Crippen LogP contribution in [0.1, 0.15) is 24.0 Å². The second kappa shape index (κ2) is 5.97. The summed E-state index contributed by atoms with van der Waals surface area (Å²) in [6.45, 7) is 0.509. The molecule has 2 rings (SSSR count). The van der Waals surface area contributed by atoms with Crippen LogP contribution in [0.4, 0.5) is 13.2 Å². The van der Waals surface area contributed by atoms with Crippen molar-refractivity contribution in [1.29, 1.82) is 0 Å². The van der Waals surface area contributed by atoms with Gasteiger partial charge in [-0.15, -0.1) is 0 Å². The number of benzene rings is 1. The van der Waals surface area contributed by atoms with E-state index in [1.54, 1.807) is 6.07 Å². The van der Waals surface area contributed by atoms with Crippen molar-refractivity contribution >= 4 is 11.8 Å². The molecule has 1 N–H and O–H groups in total. The Morgan fingerprint density at radius 2 is 2.17 bits per heavy atom. The lowest BCUT2D eigenvalue weighted by molar-refractivity contribution is -0.137. The number of rotatable bonds is 3. The van der Waals surface area contributed by atoms with E-state index in [4.69, 9.17) is 0 Å². The molecule has 1 aliphatic heterocycles. The maximum absolute atomic E-state index is 12.5. The summed E-state index contributed by atoms with van der Waals surface area (Å²) in [4.78, 5) is 0. The first-order chi connectivity index (χ1) is 8.55. The van der Waals surface area contributed by atoms with Gasteiger partial charge in [-0.2, -0.15) is 24.9 Å². The number of hydrogen-bond donors (Lipinski definition) is 1. The third kappa shape index (κ3) is 3.92. The van der Waals surface area contributed by atoms with Crippen molar-refractivity contribution in [2.45, 2.75) is 31.6 Å². The summed E-state index contributed by atoms with van der Waals surface area (Å²) in [5.74, 6) is 2.25. The number of nitrogens with one attached hydrogen (secondary N) is 1. The molecule has 1 unspecified atom stereocenters. The minimum atomic E-state index is -4.25. The van der Waals surface area contributed by atoms with E-state index < -0.39 is 11.7 Å². The van der Waals surface area contributed by atoms with Gasteiger partial charge in [0.2, 0.25) is 0 Å². The van der Waals surface area contributed by atoms with E-state index >= 15 is 0 Å². The van der Waals surface area contributed by atoms with Crippen LogP contribution < -0.4 is 5.32 Å². The highest BCUT2D eigenvalue weighted by molar-refractivity contribution is 7.99. The predicted octanol–water partition coefficient (Wildman–Crippen LogP) is 3.69. The zero-order valence-corrected chi connectivity index (χ0v) is 10.8. The van der Waals surface area contributed by atoms with Gasteiger partial charge in [0.1, 0.15) is 0 Å². The highest BCUT2D eigenvalue weighted by atomic mass is 32.2. The van der Waals surface area contributed by atoms with Gasteiger partial charge in [0.25, 0.3) is 0 Å². The first kappa shape index (κ1) is 13.7. The Morgan fingerprint density at radius 3 is 2.83 bits per heavy atom. The van der Waals surface area contributed by atoms with E-state index in [2.05, 4.69) is 5.32 Å². The van der Waals surface area contributed by atoms with Crippen LogP contribution in [0.2, 0.25) is 0 Å². The molecule has 0 aromatic heterocycles. The number of thioether (sulfide) groups is 1. The molecule has 0 saturated carbocycles. The third-order valence-electron chi connectivity index (χ3n) is 3.01. The first-order valence-electron chi connectivity index (χ1n) is 6.03. The molecule has 0 spiro atoms. The standard InChI is InChI=1S/C13H16F3NS/c14-13(15,16)11-4-1-3-10(7-11)8-17-12-5-2-6-18-9-12/h1,3-4,7,12,17H,2,5-6,8-9H2. The van der Waals surface area contributed by atoms with E-state index in [1.165, 1.54) is 24.3 Å². The summed E-state index contributed by atoms with van der Waals surface area (Å²) in [7, 11) is 0.